The highest BCUT2D eigenvalue weighted by atomic mass is 16.5. The van der Waals surface area contributed by atoms with E-state index < -0.39 is 0 Å². The van der Waals surface area contributed by atoms with Crippen molar-refractivity contribution in [1.29, 1.82) is 0 Å². The Hall–Kier alpha value is -1.64. The van der Waals surface area contributed by atoms with E-state index in [1.165, 1.54) is 16.7 Å². The van der Waals surface area contributed by atoms with E-state index in [0.29, 0.717) is 0 Å². The first kappa shape index (κ1) is 18.7. The van der Waals surface area contributed by atoms with Gasteiger partial charge in [0.05, 0.1) is 6.10 Å². The maximum atomic E-state index is 6.23. The number of nitrogens with zero attached hydrogens (tertiary/aromatic N) is 1. The minimum Gasteiger partial charge on any atom is -0.373 e. The lowest BCUT2D eigenvalue weighted by molar-refractivity contribution is 0.0410. The summed E-state index contributed by atoms with van der Waals surface area (Å²) in [5, 5.41) is 0. The highest BCUT2D eigenvalue weighted by molar-refractivity contribution is 5.23. The van der Waals surface area contributed by atoms with Gasteiger partial charge in [0.1, 0.15) is 0 Å². The molecule has 0 amide bonds. The molecule has 0 heterocycles. The van der Waals surface area contributed by atoms with Crippen LogP contribution in [0, 0.1) is 6.92 Å². The van der Waals surface area contributed by atoms with Gasteiger partial charge in [-0.2, -0.15) is 0 Å². The van der Waals surface area contributed by atoms with Crippen LogP contribution in [-0.2, 0) is 11.2 Å². The van der Waals surface area contributed by atoms with Gasteiger partial charge in [0, 0.05) is 6.61 Å². The molecule has 0 aliphatic heterocycles. The zero-order valence-electron chi connectivity index (χ0n) is 15.4. The Morgan fingerprint density at radius 2 is 1.62 bits per heavy atom. The minimum absolute atomic E-state index is 0.205. The number of hydrogen-bond acceptors (Lipinski definition) is 2. The van der Waals surface area contributed by atoms with Crippen molar-refractivity contribution >= 4 is 0 Å². The molecular formula is C22H31NO. The van der Waals surface area contributed by atoms with Crippen molar-refractivity contribution in [1.82, 2.24) is 4.90 Å². The molecule has 2 rings (SSSR count). The highest BCUT2D eigenvalue weighted by Crippen LogP contribution is 2.24. The number of hydrogen-bond donors (Lipinski definition) is 0. The standard InChI is InChI=1S/C22H31NO/c1-19-13-15-21(16-14-19)22(24-18-8-17-23(2)3)12-7-11-20-9-5-4-6-10-20/h4-6,9-10,13-16,22H,7-8,11-12,17-18H2,1-3H3. The van der Waals surface area contributed by atoms with E-state index in [9.17, 15) is 0 Å². The Kier molecular flexibility index (Phi) is 8.00. The van der Waals surface area contributed by atoms with Crippen LogP contribution in [0.3, 0.4) is 0 Å². The van der Waals surface area contributed by atoms with E-state index in [0.717, 1.165) is 38.8 Å². The normalized spacial score (nSPS) is 12.5. The molecular weight excluding hydrogens is 294 g/mol. The fourth-order valence-corrected chi connectivity index (χ4v) is 2.87. The third-order valence-electron chi connectivity index (χ3n) is 4.29. The predicted octanol–water partition coefficient (Wildman–Crippen LogP) is 5.03. The summed E-state index contributed by atoms with van der Waals surface area (Å²) in [6, 6.07) is 19.5. The van der Waals surface area contributed by atoms with Crippen molar-refractivity contribution in [3.8, 4) is 0 Å². The summed E-state index contributed by atoms with van der Waals surface area (Å²) in [6.45, 7) is 4.03. The first-order valence-corrected chi connectivity index (χ1v) is 9.02. The lowest BCUT2D eigenvalue weighted by atomic mass is 10.0. The Balaban J connectivity index is 1.87. The van der Waals surface area contributed by atoms with Crippen LogP contribution in [-0.4, -0.2) is 32.1 Å². The summed E-state index contributed by atoms with van der Waals surface area (Å²) in [7, 11) is 4.22. The van der Waals surface area contributed by atoms with E-state index in [4.69, 9.17) is 4.74 Å². The number of benzene rings is 2. The zero-order chi connectivity index (χ0) is 17.2. The average molecular weight is 325 g/mol. The van der Waals surface area contributed by atoms with Crippen LogP contribution >= 0.6 is 0 Å². The van der Waals surface area contributed by atoms with Crippen LogP contribution in [0.1, 0.15) is 42.1 Å². The summed E-state index contributed by atoms with van der Waals surface area (Å²) in [5.74, 6) is 0. The lowest BCUT2D eigenvalue weighted by Crippen LogP contribution is -2.16. The van der Waals surface area contributed by atoms with E-state index in [1.807, 2.05) is 0 Å². The van der Waals surface area contributed by atoms with E-state index in [2.05, 4.69) is 80.5 Å². The topological polar surface area (TPSA) is 12.5 Å². The van der Waals surface area contributed by atoms with Gasteiger partial charge in [0.25, 0.3) is 0 Å². The quantitative estimate of drug-likeness (QED) is 0.568. The van der Waals surface area contributed by atoms with Crippen molar-refractivity contribution in [2.45, 2.75) is 38.7 Å². The van der Waals surface area contributed by atoms with Gasteiger partial charge in [-0.15, -0.1) is 0 Å². The van der Waals surface area contributed by atoms with E-state index >= 15 is 0 Å². The molecule has 0 N–H and O–H groups in total. The second kappa shape index (κ2) is 10.3. The zero-order valence-corrected chi connectivity index (χ0v) is 15.4. The number of rotatable bonds is 10. The monoisotopic (exact) mass is 325 g/mol. The smallest absolute Gasteiger partial charge is 0.0825 e. The molecule has 24 heavy (non-hydrogen) atoms. The summed E-state index contributed by atoms with van der Waals surface area (Å²) in [5.41, 5.74) is 4.01. The molecule has 0 spiro atoms. The fraction of sp³-hybridized carbons (Fsp3) is 0.455. The van der Waals surface area contributed by atoms with Crippen LogP contribution in [0.5, 0.6) is 0 Å². The molecule has 0 bridgehead atoms. The van der Waals surface area contributed by atoms with Crippen LogP contribution in [0.2, 0.25) is 0 Å². The summed E-state index contributed by atoms with van der Waals surface area (Å²) in [6.07, 6.45) is 4.62. The molecule has 1 atom stereocenters. The second-order valence-corrected chi connectivity index (χ2v) is 6.80. The molecule has 2 heteroatoms. The predicted molar refractivity (Wildman–Crippen MR) is 102 cm³/mol. The Morgan fingerprint density at radius 3 is 2.29 bits per heavy atom. The van der Waals surface area contributed by atoms with Gasteiger partial charge in [-0.3, -0.25) is 0 Å². The van der Waals surface area contributed by atoms with Gasteiger partial charge in [-0.05, 0) is 64.4 Å². The molecule has 2 nitrogen and oxygen atoms in total. The first-order valence-electron chi connectivity index (χ1n) is 9.02. The Labute approximate surface area is 147 Å². The van der Waals surface area contributed by atoms with Crippen LogP contribution in [0.25, 0.3) is 0 Å². The molecule has 0 fully saturated rings. The Bertz CT molecular complexity index is 562. The largest absolute Gasteiger partial charge is 0.373 e. The second-order valence-electron chi connectivity index (χ2n) is 6.80. The van der Waals surface area contributed by atoms with Crippen molar-refractivity contribution < 1.29 is 4.74 Å². The van der Waals surface area contributed by atoms with Gasteiger partial charge in [0.2, 0.25) is 0 Å². The average Bonchev–Trinajstić information content (AvgIpc) is 2.58. The van der Waals surface area contributed by atoms with Gasteiger partial charge in [-0.25, -0.2) is 0 Å². The van der Waals surface area contributed by atoms with Crippen LogP contribution < -0.4 is 0 Å². The highest BCUT2D eigenvalue weighted by Gasteiger charge is 2.12. The maximum Gasteiger partial charge on any atom is 0.0825 e. The molecule has 0 radical (unpaired) electrons. The Morgan fingerprint density at radius 1 is 0.917 bits per heavy atom. The number of aryl methyl sites for hydroxylation is 2. The lowest BCUT2D eigenvalue weighted by Gasteiger charge is -2.19. The van der Waals surface area contributed by atoms with Gasteiger partial charge < -0.3 is 9.64 Å². The van der Waals surface area contributed by atoms with Crippen molar-refractivity contribution in [3.05, 3.63) is 71.3 Å². The molecule has 0 saturated carbocycles. The fourth-order valence-electron chi connectivity index (χ4n) is 2.87. The molecule has 0 saturated heterocycles. The van der Waals surface area contributed by atoms with Crippen LogP contribution in [0.4, 0.5) is 0 Å². The third-order valence-corrected chi connectivity index (χ3v) is 4.29. The summed E-state index contributed by atoms with van der Waals surface area (Å²) in [4.78, 5) is 2.21. The molecule has 2 aromatic rings. The van der Waals surface area contributed by atoms with E-state index in [-0.39, 0.29) is 6.10 Å². The molecule has 2 aromatic carbocycles. The third kappa shape index (κ3) is 6.86. The van der Waals surface area contributed by atoms with Gasteiger partial charge >= 0.3 is 0 Å². The summed E-state index contributed by atoms with van der Waals surface area (Å²) >= 11 is 0. The maximum absolute atomic E-state index is 6.23. The first-order chi connectivity index (χ1) is 11.6. The van der Waals surface area contributed by atoms with E-state index in [1.54, 1.807) is 0 Å². The molecule has 0 aromatic heterocycles. The number of ether oxygens (including phenoxy) is 1. The summed E-state index contributed by atoms with van der Waals surface area (Å²) < 4.78 is 6.23. The molecule has 1 unspecified atom stereocenters. The molecule has 0 aliphatic rings. The van der Waals surface area contributed by atoms with Gasteiger partial charge in [-0.1, -0.05) is 60.2 Å². The molecule has 0 aliphatic carbocycles. The SMILES string of the molecule is Cc1ccc(C(CCCc2ccccc2)OCCCN(C)C)cc1. The molecule has 130 valence electrons. The van der Waals surface area contributed by atoms with Crippen LogP contribution in [0.15, 0.2) is 54.6 Å². The van der Waals surface area contributed by atoms with Crippen molar-refractivity contribution in [3.63, 3.8) is 0 Å². The van der Waals surface area contributed by atoms with Crippen molar-refractivity contribution in [2.24, 2.45) is 0 Å². The van der Waals surface area contributed by atoms with Crippen molar-refractivity contribution in [2.75, 3.05) is 27.2 Å². The minimum atomic E-state index is 0.205. The van der Waals surface area contributed by atoms with Gasteiger partial charge in [0.15, 0.2) is 0 Å².